The zero-order chi connectivity index (χ0) is 28.0. The predicted molar refractivity (Wildman–Crippen MR) is 156 cm³/mol. The Bertz CT molecular complexity index is 1290. The first-order valence-electron chi connectivity index (χ1n) is 14.0. The van der Waals surface area contributed by atoms with E-state index in [9.17, 15) is 9.59 Å². The van der Waals surface area contributed by atoms with Crippen LogP contribution in [-0.4, -0.2) is 30.6 Å². The molecule has 1 heterocycles. The maximum Gasteiger partial charge on any atom is 0.341 e. The van der Waals surface area contributed by atoms with Crippen LogP contribution in [0.5, 0.6) is 0 Å². The molecular weight excluding hydrogens is 488 g/mol. The summed E-state index contributed by atoms with van der Waals surface area (Å²) in [6.07, 6.45) is 4.55. The number of benzene rings is 3. The summed E-state index contributed by atoms with van der Waals surface area (Å²) in [5.74, 6) is -0.800. The Morgan fingerprint density at radius 1 is 0.923 bits per heavy atom. The molecule has 0 saturated carbocycles. The van der Waals surface area contributed by atoms with Crippen LogP contribution >= 0.6 is 0 Å². The highest BCUT2D eigenvalue weighted by Gasteiger charge is 2.47. The second-order valence-electron chi connectivity index (χ2n) is 11.1. The molecule has 206 valence electrons. The number of rotatable bonds is 11. The summed E-state index contributed by atoms with van der Waals surface area (Å²) >= 11 is 0. The quantitative estimate of drug-likeness (QED) is 0.259. The molecule has 1 N–H and O–H groups in total. The third-order valence-corrected chi connectivity index (χ3v) is 6.79. The van der Waals surface area contributed by atoms with Gasteiger partial charge in [-0.25, -0.2) is 9.59 Å². The normalized spacial score (nSPS) is 16.4. The van der Waals surface area contributed by atoms with E-state index in [1.807, 2.05) is 57.2 Å². The lowest BCUT2D eigenvalue weighted by molar-refractivity contribution is 0.00678. The van der Waals surface area contributed by atoms with Crippen LogP contribution in [0.3, 0.4) is 0 Å². The van der Waals surface area contributed by atoms with Gasteiger partial charge in [0.2, 0.25) is 5.72 Å². The number of esters is 2. The van der Waals surface area contributed by atoms with E-state index in [2.05, 4.69) is 36.2 Å². The van der Waals surface area contributed by atoms with E-state index >= 15 is 0 Å². The molecule has 0 amide bonds. The molecule has 1 aliphatic heterocycles. The van der Waals surface area contributed by atoms with Gasteiger partial charge in [-0.15, -0.1) is 0 Å². The molecule has 1 aliphatic rings. The average Bonchev–Trinajstić information content (AvgIpc) is 3.20. The smallest absolute Gasteiger partial charge is 0.341 e. The van der Waals surface area contributed by atoms with Gasteiger partial charge in [0, 0.05) is 35.6 Å². The van der Waals surface area contributed by atoms with Crippen molar-refractivity contribution >= 4 is 23.3 Å². The van der Waals surface area contributed by atoms with Crippen LogP contribution in [0.15, 0.2) is 72.8 Å². The summed E-state index contributed by atoms with van der Waals surface area (Å²) in [6, 6.07) is 22.8. The summed E-state index contributed by atoms with van der Waals surface area (Å²) in [7, 11) is 0. The number of anilines is 2. The molecule has 0 fully saturated rings. The number of unbranched alkanes of at least 4 members (excludes halogenated alkanes) is 2. The number of ether oxygens (including phenoxy) is 2. The highest BCUT2D eigenvalue weighted by molar-refractivity contribution is 5.96. The molecule has 6 heteroatoms. The fourth-order valence-corrected chi connectivity index (χ4v) is 4.84. The highest BCUT2D eigenvalue weighted by atomic mass is 16.6. The van der Waals surface area contributed by atoms with E-state index in [1.165, 1.54) is 0 Å². The van der Waals surface area contributed by atoms with Gasteiger partial charge < -0.3 is 19.7 Å². The van der Waals surface area contributed by atoms with Crippen LogP contribution in [0.4, 0.5) is 11.4 Å². The molecule has 6 nitrogen and oxygen atoms in total. The molecule has 3 aromatic carbocycles. The molecule has 0 bridgehead atoms. The molecule has 0 aromatic heterocycles. The third kappa shape index (κ3) is 6.44. The number of carbonyl (C=O) groups excluding carboxylic acids is 2. The van der Waals surface area contributed by atoms with Gasteiger partial charge in [0.25, 0.3) is 0 Å². The van der Waals surface area contributed by atoms with Gasteiger partial charge >= 0.3 is 11.9 Å². The van der Waals surface area contributed by atoms with Crippen molar-refractivity contribution in [3.8, 4) is 0 Å². The maximum absolute atomic E-state index is 13.0. The maximum atomic E-state index is 13.0. The van der Waals surface area contributed by atoms with E-state index in [1.54, 1.807) is 24.3 Å². The van der Waals surface area contributed by atoms with Gasteiger partial charge in [-0.3, -0.25) is 0 Å². The summed E-state index contributed by atoms with van der Waals surface area (Å²) < 4.78 is 11.7. The van der Waals surface area contributed by atoms with Crippen molar-refractivity contribution in [1.82, 2.24) is 0 Å². The van der Waals surface area contributed by atoms with Gasteiger partial charge in [-0.05, 0) is 70.0 Å². The van der Waals surface area contributed by atoms with Crippen LogP contribution in [0.1, 0.15) is 92.1 Å². The first-order chi connectivity index (χ1) is 18.7. The molecule has 0 radical (unpaired) electrons. The Kier molecular flexibility index (Phi) is 8.63. The van der Waals surface area contributed by atoms with Gasteiger partial charge in [-0.1, -0.05) is 63.1 Å². The molecule has 0 aliphatic carbocycles. The first kappa shape index (κ1) is 28.2. The zero-order valence-electron chi connectivity index (χ0n) is 23.8. The van der Waals surface area contributed by atoms with Crippen LogP contribution in [-0.2, 0) is 15.2 Å². The number of cyclic esters (lactones) is 1. The lowest BCUT2D eigenvalue weighted by atomic mass is 9.92. The SMILES string of the molecule is CCCCN(CCCC)c1ccc(C2(Nc3cccc(C(=O)OC(C)(C)C)c3)OC(=O)c3ccccc32)cc1. The topological polar surface area (TPSA) is 67.9 Å². The Morgan fingerprint density at radius 3 is 2.23 bits per heavy atom. The summed E-state index contributed by atoms with van der Waals surface area (Å²) in [6.45, 7) is 12.0. The lowest BCUT2D eigenvalue weighted by Crippen LogP contribution is -2.37. The van der Waals surface area contributed by atoms with Crippen LogP contribution in [0.25, 0.3) is 0 Å². The Labute approximate surface area is 232 Å². The van der Waals surface area contributed by atoms with Crippen molar-refractivity contribution in [1.29, 1.82) is 0 Å². The van der Waals surface area contributed by atoms with Gasteiger partial charge in [-0.2, -0.15) is 0 Å². The molecule has 1 unspecified atom stereocenters. The molecular formula is C33H40N2O4. The molecule has 0 spiro atoms. The predicted octanol–water partition coefficient (Wildman–Crippen LogP) is 7.53. The second-order valence-corrected chi connectivity index (χ2v) is 11.1. The number of fused-ring (bicyclic) bond motifs is 1. The van der Waals surface area contributed by atoms with Crippen molar-refractivity contribution in [3.63, 3.8) is 0 Å². The van der Waals surface area contributed by atoms with Crippen molar-refractivity contribution in [2.24, 2.45) is 0 Å². The monoisotopic (exact) mass is 528 g/mol. The highest BCUT2D eigenvalue weighted by Crippen LogP contribution is 2.43. The average molecular weight is 529 g/mol. The van der Waals surface area contributed by atoms with Crippen molar-refractivity contribution < 1.29 is 19.1 Å². The van der Waals surface area contributed by atoms with E-state index in [0.717, 1.165) is 55.6 Å². The molecule has 3 aromatic rings. The van der Waals surface area contributed by atoms with Gasteiger partial charge in [0.1, 0.15) is 5.60 Å². The minimum absolute atomic E-state index is 0.391. The molecule has 4 rings (SSSR count). The van der Waals surface area contributed by atoms with E-state index < -0.39 is 23.3 Å². The van der Waals surface area contributed by atoms with Crippen molar-refractivity contribution in [3.05, 3.63) is 95.1 Å². The minimum atomic E-state index is -1.24. The number of hydrogen-bond donors (Lipinski definition) is 1. The van der Waals surface area contributed by atoms with Crippen molar-refractivity contribution in [2.75, 3.05) is 23.3 Å². The largest absolute Gasteiger partial charge is 0.456 e. The molecule has 39 heavy (non-hydrogen) atoms. The number of nitrogens with one attached hydrogen (secondary N) is 1. The van der Waals surface area contributed by atoms with Crippen LogP contribution in [0.2, 0.25) is 0 Å². The fourth-order valence-electron chi connectivity index (χ4n) is 4.84. The Morgan fingerprint density at radius 2 is 1.59 bits per heavy atom. The third-order valence-electron chi connectivity index (χ3n) is 6.79. The van der Waals surface area contributed by atoms with E-state index in [-0.39, 0.29) is 0 Å². The van der Waals surface area contributed by atoms with Gasteiger partial charge in [0.05, 0.1) is 11.1 Å². The number of carbonyl (C=O) groups is 2. The van der Waals surface area contributed by atoms with Gasteiger partial charge in [0.15, 0.2) is 0 Å². The molecule has 1 atom stereocenters. The van der Waals surface area contributed by atoms with Crippen LogP contribution < -0.4 is 10.2 Å². The zero-order valence-corrected chi connectivity index (χ0v) is 23.8. The summed E-state index contributed by atoms with van der Waals surface area (Å²) in [5.41, 5.74) is 2.42. The summed E-state index contributed by atoms with van der Waals surface area (Å²) in [5, 5.41) is 3.47. The fraction of sp³-hybridized carbons (Fsp3) is 0.394. The second kappa shape index (κ2) is 11.9. The number of nitrogens with zero attached hydrogens (tertiary/aromatic N) is 1. The van der Waals surface area contributed by atoms with E-state index in [0.29, 0.717) is 16.8 Å². The molecule has 0 saturated heterocycles. The number of hydrogen-bond acceptors (Lipinski definition) is 6. The lowest BCUT2D eigenvalue weighted by Gasteiger charge is -2.32. The standard InChI is InChI=1S/C33H40N2O4/c1-6-8-21-35(22-9-7-2)27-19-17-25(18-20-27)33(29-16-11-10-15-28(29)31(37)39-33)34-26-14-12-13-24(23-26)30(36)38-32(3,4)5/h10-20,23,34H,6-9,21-22H2,1-5H3. The van der Waals surface area contributed by atoms with Crippen molar-refractivity contribution in [2.45, 2.75) is 71.6 Å². The van der Waals surface area contributed by atoms with E-state index in [4.69, 9.17) is 9.47 Å². The van der Waals surface area contributed by atoms with Crippen LogP contribution in [0, 0.1) is 0 Å². The summed E-state index contributed by atoms with van der Waals surface area (Å²) in [4.78, 5) is 28.2. The Balaban J connectivity index is 1.72. The first-order valence-corrected chi connectivity index (χ1v) is 14.0. The Hall–Kier alpha value is -3.80. The minimum Gasteiger partial charge on any atom is -0.456 e.